The van der Waals surface area contributed by atoms with Crippen LogP contribution in [0.2, 0.25) is 0 Å². The van der Waals surface area contributed by atoms with Gasteiger partial charge in [-0.15, -0.1) is 23.1 Å². The van der Waals surface area contributed by atoms with Gasteiger partial charge < -0.3 is 16.0 Å². The van der Waals surface area contributed by atoms with E-state index in [0.29, 0.717) is 35.4 Å². The highest BCUT2D eigenvalue weighted by Crippen LogP contribution is 2.32. The van der Waals surface area contributed by atoms with Crippen molar-refractivity contribution in [1.29, 1.82) is 0 Å². The molecule has 1 aromatic carbocycles. The summed E-state index contributed by atoms with van der Waals surface area (Å²) in [6, 6.07) is 4.71. The van der Waals surface area contributed by atoms with Crippen LogP contribution in [0.1, 0.15) is 36.2 Å². The summed E-state index contributed by atoms with van der Waals surface area (Å²) in [6.07, 6.45) is 10.0. The van der Waals surface area contributed by atoms with Crippen LogP contribution in [0.3, 0.4) is 0 Å². The minimum atomic E-state index is -0.370. The number of nitrogens with two attached hydrogens (primary N) is 1. The quantitative estimate of drug-likeness (QED) is 0.511. The number of nitrogens with zero attached hydrogens (tertiary/aromatic N) is 4. The minimum Gasteiger partial charge on any atom is -0.366 e. The molecular weight excluding hydrogens is 471 g/mol. The molecule has 3 N–H and O–H groups in total. The van der Waals surface area contributed by atoms with E-state index in [1.54, 1.807) is 23.7 Å². The van der Waals surface area contributed by atoms with E-state index >= 15 is 0 Å². The third-order valence-corrected chi connectivity index (χ3v) is 8.05. The van der Waals surface area contributed by atoms with Gasteiger partial charge in [0.05, 0.1) is 24.1 Å². The molecule has 2 aliphatic rings. The topological polar surface area (TPSA) is 89.1 Å². The fourth-order valence-corrected chi connectivity index (χ4v) is 6.11. The molecule has 0 radical (unpaired) electrons. The number of piperidine rings is 1. The van der Waals surface area contributed by atoms with Crippen molar-refractivity contribution >= 4 is 40.4 Å². The summed E-state index contributed by atoms with van der Waals surface area (Å²) >= 11 is 3.23. The molecule has 0 saturated carbocycles. The van der Waals surface area contributed by atoms with E-state index in [0.717, 1.165) is 42.8 Å². The molecule has 1 saturated heterocycles. The largest absolute Gasteiger partial charge is 0.366 e. The van der Waals surface area contributed by atoms with Gasteiger partial charge in [-0.3, -0.25) is 9.48 Å². The van der Waals surface area contributed by atoms with Crippen molar-refractivity contribution in [2.75, 3.05) is 23.3 Å². The smallest absolute Gasteiger partial charge is 0.275 e. The Labute approximate surface area is 206 Å². The Morgan fingerprint density at radius 1 is 1.32 bits per heavy atom. The Hall–Kier alpha value is -2.69. The maximum absolute atomic E-state index is 14.7. The van der Waals surface area contributed by atoms with Crippen molar-refractivity contribution in [1.82, 2.24) is 14.8 Å². The molecule has 34 heavy (non-hydrogen) atoms. The predicted octanol–water partition coefficient (Wildman–Crippen LogP) is 4.73. The first-order chi connectivity index (χ1) is 16.6. The number of carbonyl (C=O) groups is 1. The summed E-state index contributed by atoms with van der Waals surface area (Å²) in [4.78, 5) is 19.4. The summed E-state index contributed by atoms with van der Waals surface area (Å²) < 4.78 is 16.7. The summed E-state index contributed by atoms with van der Waals surface area (Å²) in [5, 5.41) is 12.5. The predicted molar refractivity (Wildman–Crippen MR) is 137 cm³/mol. The molecule has 3 aromatic rings. The Morgan fingerprint density at radius 2 is 2.24 bits per heavy atom. The standard InChI is InChI=1S/C24H27FN6OS2/c25-19-7-3-8-20(22(19)30-9-4-5-17(26)13-30)28-23(32)21-15-34-24(29-21)16-11-27-31(12-16)14-18-6-1-2-10-33-18/h2-3,7-8,10-12,15,17-18H,1,4-6,9,13-14,26H2,(H,28,32). The molecule has 7 nitrogen and oxygen atoms in total. The van der Waals surface area contributed by atoms with Crippen LogP contribution in [-0.4, -0.2) is 45.1 Å². The van der Waals surface area contributed by atoms with Gasteiger partial charge in [-0.25, -0.2) is 9.37 Å². The number of carbonyl (C=O) groups excluding carboxylic acids is 1. The van der Waals surface area contributed by atoms with E-state index in [-0.39, 0.29) is 17.8 Å². The van der Waals surface area contributed by atoms with E-state index in [1.807, 2.05) is 27.5 Å². The van der Waals surface area contributed by atoms with E-state index < -0.39 is 0 Å². The van der Waals surface area contributed by atoms with Crippen LogP contribution < -0.4 is 16.0 Å². The number of thioether (sulfide) groups is 1. The summed E-state index contributed by atoms with van der Waals surface area (Å²) in [5.74, 6) is -0.738. The second kappa shape index (κ2) is 10.3. The van der Waals surface area contributed by atoms with Crippen molar-refractivity contribution in [3.8, 4) is 10.6 Å². The first kappa shape index (κ1) is 23.1. The van der Waals surface area contributed by atoms with Crippen LogP contribution in [0, 0.1) is 5.82 Å². The van der Waals surface area contributed by atoms with Gasteiger partial charge in [-0.1, -0.05) is 12.1 Å². The number of rotatable bonds is 6. The molecular formula is C24H27FN6OS2. The fourth-order valence-electron chi connectivity index (χ4n) is 4.35. The van der Waals surface area contributed by atoms with Crippen LogP contribution in [-0.2, 0) is 6.54 Å². The summed E-state index contributed by atoms with van der Waals surface area (Å²) in [7, 11) is 0. The highest BCUT2D eigenvalue weighted by atomic mass is 32.2. The highest BCUT2D eigenvalue weighted by Gasteiger charge is 2.24. The van der Waals surface area contributed by atoms with Crippen LogP contribution in [0.25, 0.3) is 10.6 Å². The molecule has 1 fully saturated rings. The molecule has 2 unspecified atom stereocenters. The molecule has 2 atom stereocenters. The molecule has 0 spiro atoms. The summed E-state index contributed by atoms with van der Waals surface area (Å²) in [6.45, 7) is 2.11. The second-order valence-electron chi connectivity index (χ2n) is 8.63. The van der Waals surface area contributed by atoms with Crippen LogP contribution in [0.5, 0.6) is 0 Å². The van der Waals surface area contributed by atoms with Gasteiger partial charge in [-0.05, 0) is 43.2 Å². The third-order valence-electron chi connectivity index (χ3n) is 6.04. The number of halogens is 1. The Morgan fingerprint density at radius 3 is 3.06 bits per heavy atom. The number of hydrogen-bond acceptors (Lipinski definition) is 7. The number of hydrogen-bond donors (Lipinski definition) is 2. The zero-order valence-corrected chi connectivity index (χ0v) is 20.3. The third kappa shape index (κ3) is 5.18. The molecule has 10 heteroatoms. The van der Waals surface area contributed by atoms with E-state index in [4.69, 9.17) is 5.73 Å². The monoisotopic (exact) mass is 498 g/mol. The van der Waals surface area contributed by atoms with Gasteiger partial charge in [0.1, 0.15) is 16.5 Å². The normalized spacial score (nSPS) is 20.5. The number of nitrogens with one attached hydrogen (secondary N) is 1. The maximum atomic E-state index is 14.7. The zero-order valence-electron chi connectivity index (χ0n) is 18.7. The van der Waals surface area contributed by atoms with Gasteiger partial charge in [0.25, 0.3) is 5.91 Å². The lowest BCUT2D eigenvalue weighted by atomic mass is 10.1. The fraction of sp³-hybridized carbons (Fsp3) is 0.375. The van der Waals surface area contributed by atoms with Gasteiger partial charge in [0.2, 0.25) is 0 Å². The summed E-state index contributed by atoms with van der Waals surface area (Å²) in [5.41, 5.74) is 8.10. The van der Waals surface area contributed by atoms with E-state index in [9.17, 15) is 9.18 Å². The van der Waals surface area contributed by atoms with Gasteiger partial charge in [-0.2, -0.15) is 5.10 Å². The lowest BCUT2D eigenvalue weighted by Crippen LogP contribution is -2.43. The molecule has 0 aliphatic carbocycles. The van der Waals surface area contributed by atoms with Gasteiger partial charge in [0.15, 0.2) is 0 Å². The van der Waals surface area contributed by atoms with Crippen molar-refractivity contribution in [2.24, 2.45) is 5.73 Å². The molecule has 2 aromatic heterocycles. The van der Waals surface area contributed by atoms with Crippen LogP contribution >= 0.6 is 23.1 Å². The lowest BCUT2D eigenvalue weighted by molar-refractivity contribution is 0.102. The highest BCUT2D eigenvalue weighted by molar-refractivity contribution is 8.02. The number of amides is 1. The van der Waals surface area contributed by atoms with Crippen molar-refractivity contribution in [3.63, 3.8) is 0 Å². The molecule has 1 amide bonds. The number of thiazole rings is 1. The first-order valence-corrected chi connectivity index (χ1v) is 13.3. The van der Waals surface area contributed by atoms with E-state index in [1.165, 1.54) is 17.4 Å². The average Bonchev–Trinajstić information content (AvgIpc) is 3.50. The molecule has 178 valence electrons. The van der Waals surface area contributed by atoms with Gasteiger partial charge >= 0.3 is 0 Å². The average molecular weight is 499 g/mol. The van der Waals surface area contributed by atoms with Crippen LogP contribution in [0.15, 0.2) is 47.5 Å². The molecule has 5 rings (SSSR count). The maximum Gasteiger partial charge on any atom is 0.275 e. The molecule has 2 aliphatic heterocycles. The SMILES string of the molecule is NC1CCCN(c2c(F)cccc2NC(=O)c2csc(-c3cnn(CC4CCC=CS4)c3)n2)C1. The first-order valence-electron chi connectivity index (χ1n) is 11.5. The van der Waals surface area contributed by atoms with Crippen LogP contribution in [0.4, 0.5) is 15.8 Å². The number of benzene rings is 1. The van der Waals surface area contributed by atoms with Gasteiger partial charge in [0, 0.05) is 41.5 Å². The number of para-hydroxylation sites is 1. The number of anilines is 2. The lowest BCUT2D eigenvalue weighted by Gasteiger charge is -2.34. The Bertz CT molecular complexity index is 1190. The Balaban J connectivity index is 1.29. The Kier molecular flexibility index (Phi) is 6.98. The van der Waals surface area contributed by atoms with E-state index in [2.05, 4.69) is 26.9 Å². The number of allylic oxidation sites excluding steroid dienone is 1. The number of aromatic nitrogens is 3. The second-order valence-corrected chi connectivity index (χ2v) is 10.7. The molecule has 4 heterocycles. The van der Waals surface area contributed by atoms with Crippen molar-refractivity contribution in [2.45, 2.75) is 43.5 Å². The minimum absolute atomic E-state index is 0.00732. The van der Waals surface area contributed by atoms with Crippen molar-refractivity contribution < 1.29 is 9.18 Å². The van der Waals surface area contributed by atoms with Crippen molar-refractivity contribution in [3.05, 3.63) is 59.0 Å². The molecule has 0 bridgehead atoms. The zero-order chi connectivity index (χ0) is 23.5.